The zero-order valence-corrected chi connectivity index (χ0v) is 24.1. The van der Waals surface area contributed by atoms with Crippen LogP contribution in [-0.2, 0) is 4.79 Å². The van der Waals surface area contributed by atoms with Crippen LogP contribution in [0, 0.1) is 12.7 Å². The van der Waals surface area contributed by atoms with Crippen LogP contribution in [-0.4, -0.2) is 57.5 Å². The van der Waals surface area contributed by atoms with E-state index in [2.05, 4.69) is 20.4 Å². The molecule has 0 saturated carbocycles. The first kappa shape index (κ1) is 30.5. The summed E-state index contributed by atoms with van der Waals surface area (Å²) in [6.45, 7) is 1.07. The third kappa shape index (κ3) is 7.16. The summed E-state index contributed by atoms with van der Waals surface area (Å²) in [5, 5.41) is 6.69. The van der Waals surface area contributed by atoms with Crippen LogP contribution in [0.1, 0.15) is 12.0 Å². The quantitative estimate of drug-likeness (QED) is 0.225. The maximum Gasteiger partial charge on any atom is 0.392 e. The fourth-order valence-corrected chi connectivity index (χ4v) is 4.98. The van der Waals surface area contributed by atoms with Crippen molar-refractivity contribution in [3.63, 3.8) is 0 Å². The van der Waals surface area contributed by atoms with Crippen molar-refractivity contribution in [2.75, 3.05) is 29.7 Å². The molecule has 0 spiro atoms. The number of thioether (sulfide) groups is 1. The third-order valence-corrected chi connectivity index (χ3v) is 7.18. The van der Waals surface area contributed by atoms with Crippen LogP contribution in [0.2, 0.25) is 0 Å². The average molecular weight is 629 g/mol. The van der Waals surface area contributed by atoms with Crippen LogP contribution in [0.4, 0.5) is 33.7 Å². The summed E-state index contributed by atoms with van der Waals surface area (Å²) in [5.41, 5.74) is 1.74. The minimum atomic E-state index is -4.42. The summed E-state index contributed by atoms with van der Waals surface area (Å²) in [4.78, 5) is 34.8. The topological polar surface area (TPSA) is 111 Å². The van der Waals surface area contributed by atoms with Crippen molar-refractivity contribution in [1.82, 2.24) is 14.8 Å². The van der Waals surface area contributed by atoms with E-state index in [0.29, 0.717) is 16.9 Å². The van der Waals surface area contributed by atoms with Crippen LogP contribution < -0.4 is 19.7 Å². The second-order valence-corrected chi connectivity index (χ2v) is 10.4. The van der Waals surface area contributed by atoms with Gasteiger partial charge in [-0.15, -0.1) is 5.10 Å². The number of amidine groups is 1. The molecule has 0 aliphatic carbocycles. The molecule has 1 aliphatic rings. The fraction of sp³-hybridized carbons (Fsp3) is 0.207. The molecule has 44 heavy (non-hydrogen) atoms. The normalized spacial score (nSPS) is 14.3. The number of carbonyl (C=O) groups excluding carboxylic acids is 2. The number of benzene rings is 3. The monoisotopic (exact) mass is 628 g/mol. The van der Waals surface area contributed by atoms with E-state index in [4.69, 9.17) is 9.47 Å². The summed E-state index contributed by atoms with van der Waals surface area (Å²) >= 11 is 0.952. The smallest absolute Gasteiger partial charge is 0.392 e. The molecule has 0 bridgehead atoms. The van der Waals surface area contributed by atoms with Crippen molar-refractivity contribution in [2.45, 2.75) is 19.5 Å². The number of amides is 3. The van der Waals surface area contributed by atoms with Gasteiger partial charge in [0, 0.05) is 5.56 Å². The molecule has 1 saturated heterocycles. The second kappa shape index (κ2) is 12.8. The number of halogens is 4. The molecular formula is C29H24F4N6O4S. The highest BCUT2D eigenvalue weighted by atomic mass is 32.2. The summed E-state index contributed by atoms with van der Waals surface area (Å²) < 4.78 is 65.0. The Morgan fingerprint density at radius 2 is 1.89 bits per heavy atom. The summed E-state index contributed by atoms with van der Waals surface area (Å²) in [7, 11) is 1.56. The lowest BCUT2D eigenvalue weighted by Crippen LogP contribution is -2.31. The van der Waals surface area contributed by atoms with Crippen LogP contribution in [0.25, 0.3) is 17.1 Å². The van der Waals surface area contributed by atoms with Crippen LogP contribution in [0.15, 0.2) is 72.0 Å². The highest BCUT2D eigenvalue weighted by Gasteiger charge is 2.33. The van der Waals surface area contributed by atoms with Gasteiger partial charge in [0.25, 0.3) is 0 Å². The molecule has 0 radical (unpaired) electrons. The number of urea groups is 1. The Hall–Kier alpha value is -4.92. The Kier molecular flexibility index (Phi) is 8.85. The molecule has 1 aliphatic heterocycles. The molecule has 15 heteroatoms. The average Bonchev–Trinajstić information content (AvgIpc) is 3.61. The van der Waals surface area contributed by atoms with E-state index in [9.17, 15) is 22.8 Å². The van der Waals surface area contributed by atoms with E-state index < -0.39 is 37.0 Å². The van der Waals surface area contributed by atoms with Crippen molar-refractivity contribution in [1.29, 1.82) is 0 Å². The van der Waals surface area contributed by atoms with Crippen LogP contribution >= 0.6 is 11.8 Å². The number of aliphatic imine (C=N–C) groups is 1. The van der Waals surface area contributed by atoms with Crippen LogP contribution in [0.3, 0.4) is 0 Å². The molecule has 1 fully saturated rings. The Morgan fingerprint density at radius 1 is 1.11 bits per heavy atom. The van der Waals surface area contributed by atoms with Crippen molar-refractivity contribution in [3.05, 3.63) is 78.4 Å². The first-order chi connectivity index (χ1) is 21.0. The predicted octanol–water partition coefficient (Wildman–Crippen LogP) is 6.39. The molecule has 228 valence electrons. The lowest BCUT2D eigenvalue weighted by atomic mass is 10.2. The molecule has 2 heterocycles. The standard InChI is InChI=1S/C29H24F4N6O4S/c1-17-3-10-24(43-12-11-29(31,32)33)23(13-17)39-25(40)15-44-28(39)36-27(41)35-22-9-4-18(14-21(22)30)26-34-16-38(37-26)19-5-7-20(42-2)8-6-19/h3-10,13-14,16H,11-12,15H2,1-2H3,(H,35,41)/b36-28-. The molecule has 0 unspecified atom stereocenters. The van der Waals surface area contributed by atoms with Crippen molar-refractivity contribution in [3.8, 4) is 28.6 Å². The van der Waals surface area contributed by atoms with Gasteiger partial charge in [0.05, 0.1) is 43.0 Å². The van der Waals surface area contributed by atoms with E-state index in [1.165, 1.54) is 29.2 Å². The lowest BCUT2D eigenvalue weighted by molar-refractivity contribution is -0.139. The van der Waals surface area contributed by atoms with E-state index >= 15 is 4.39 Å². The zero-order valence-electron chi connectivity index (χ0n) is 23.3. The number of hydrogen-bond acceptors (Lipinski definition) is 7. The first-order valence-electron chi connectivity index (χ1n) is 13.0. The van der Waals surface area contributed by atoms with Gasteiger partial charge in [0.2, 0.25) is 5.91 Å². The van der Waals surface area contributed by atoms with Gasteiger partial charge in [-0.1, -0.05) is 17.8 Å². The number of methoxy groups -OCH3 is 1. The molecule has 1 N–H and O–H groups in total. The molecule has 3 amide bonds. The Morgan fingerprint density at radius 3 is 2.59 bits per heavy atom. The molecule has 1 aromatic heterocycles. The van der Waals surface area contributed by atoms with Crippen molar-refractivity contribution in [2.24, 2.45) is 4.99 Å². The number of aryl methyl sites for hydroxylation is 1. The first-order valence-corrected chi connectivity index (χ1v) is 14.0. The number of rotatable bonds is 8. The van der Waals surface area contributed by atoms with E-state index in [1.807, 2.05) is 0 Å². The molecule has 4 aromatic rings. The SMILES string of the molecule is COc1ccc(-n2cnc(-c3ccc(NC(=O)/N=C4\SCC(=O)N4c4cc(C)ccc4OCCC(F)(F)F)c(F)c3)n2)cc1. The molecule has 0 atom stereocenters. The maximum absolute atomic E-state index is 15.0. The molecular weight excluding hydrogens is 604 g/mol. The number of alkyl halides is 3. The van der Waals surface area contributed by atoms with Gasteiger partial charge in [-0.05, 0) is 67.1 Å². The van der Waals surface area contributed by atoms with Gasteiger partial charge in [0.15, 0.2) is 11.0 Å². The second-order valence-electron chi connectivity index (χ2n) is 9.43. The van der Waals surface area contributed by atoms with Crippen molar-refractivity contribution >= 4 is 40.2 Å². The Bertz CT molecular complexity index is 1730. The summed E-state index contributed by atoms with van der Waals surface area (Å²) in [6.07, 6.45) is -4.12. The Labute approximate surface area is 252 Å². The molecule has 5 rings (SSSR count). The van der Waals surface area contributed by atoms with Gasteiger partial charge < -0.3 is 14.8 Å². The third-order valence-electron chi connectivity index (χ3n) is 6.26. The predicted molar refractivity (Wildman–Crippen MR) is 157 cm³/mol. The van der Waals surface area contributed by atoms with Gasteiger partial charge in [-0.25, -0.2) is 18.9 Å². The highest BCUT2D eigenvalue weighted by Crippen LogP contribution is 2.36. The summed E-state index contributed by atoms with van der Waals surface area (Å²) in [5.74, 6) is -0.345. The number of ether oxygens (including phenoxy) is 2. The maximum atomic E-state index is 15.0. The number of anilines is 2. The van der Waals surface area contributed by atoms with Crippen molar-refractivity contribution < 1.29 is 36.6 Å². The lowest BCUT2D eigenvalue weighted by Gasteiger charge is -2.20. The largest absolute Gasteiger partial charge is 0.497 e. The molecule has 3 aromatic carbocycles. The number of nitrogens with zero attached hydrogens (tertiary/aromatic N) is 5. The number of aromatic nitrogens is 3. The number of nitrogens with one attached hydrogen (secondary N) is 1. The van der Waals surface area contributed by atoms with E-state index in [1.54, 1.807) is 50.4 Å². The van der Waals surface area contributed by atoms with Crippen LogP contribution in [0.5, 0.6) is 11.5 Å². The van der Waals surface area contributed by atoms with Gasteiger partial charge in [-0.2, -0.15) is 18.2 Å². The fourth-order valence-electron chi connectivity index (χ4n) is 4.12. The Balaban J connectivity index is 1.31. The van der Waals surface area contributed by atoms with Gasteiger partial charge >= 0.3 is 12.2 Å². The molecule has 10 nitrogen and oxygen atoms in total. The van der Waals surface area contributed by atoms with E-state index in [-0.39, 0.29) is 33.9 Å². The number of carbonyl (C=O) groups is 2. The number of hydrogen-bond donors (Lipinski definition) is 1. The highest BCUT2D eigenvalue weighted by molar-refractivity contribution is 8.15. The summed E-state index contributed by atoms with van der Waals surface area (Å²) in [6, 6.07) is 14.8. The van der Waals surface area contributed by atoms with Gasteiger partial charge in [0.1, 0.15) is 23.6 Å². The minimum absolute atomic E-state index is 0.0217. The minimum Gasteiger partial charge on any atom is -0.497 e. The zero-order chi connectivity index (χ0) is 31.4. The van der Waals surface area contributed by atoms with E-state index in [0.717, 1.165) is 28.4 Å². The van der Waals surface area contributed by atoms with Gasteiger partial charge in [-0.3, -0.25) is 9.69 Å².